The Morgan fingerprint density at radius 3 is 2.53 bits per heavy atom. The molecular formula is C28H29N3O4S. The lowest BCUT2D eigenvalue weighted by atomic mass is 9.69. The standard InChI is InChI=1S/C28H29N3O4S/c1-28(2)13-22-26(23(32)14-28)25(17-8-10-19(34-3)11-9-17)21(15-29)27(31-22)36-16-24(33)30-18-6-5-7-20(12-18)35-4/h5-12,25,31H,13-14,16H2,1-4H3,(H,30,33). The van der Waals surface area contributed by atoms with Crippen LogP contribution in [0.3, 0.4) is 0 Å². The molecule has 2 aliphatic rings. The van der Waals surface area contributed by atoms with Gasteiger partial charge in [0.1, 0.15) is 11.5 Å². The van der Waals surface area contributed by atoms with Crippen LogP contribution in [0.25, 0.3) is 0 Å². The van der Waals surface area contributed by atoms with E-state index in [0.29, 0.717) is 46.2 Å². The molecule has 2 N–H and O–H groups in total. The molecule has 0 fully saturated rings. The molecule has 2 aromatic carbocycles. The monoisotopic (exact) mass is 503 g/mol. The molecule has 0 spiro atoms. The van der Waals surface area contributed by atoms with Crippen molar-refractivity contribution < 1.29 is 19.1 Å². The van der Waals surface area contributed by atoms with Gasteiger partial charge in [0.15, 0.2) is 5.78 Å². The molecule has 36 heavy (non-hydrogen) atoms. The fourth-order valence-corrected chi connectivity index (χ4v) is 5.52. The van der Waals surface area contributed by atoms with Gasteiger partial charge in [-0.3, -0.25) is 9.59 Å². The van der Waals surface area contributed by atoms with Gasteiger partial charge in [0.25, 0.3) is 0 Å². The molecule has 0 saturated heterocycles. The van der Waals surface area contributed by atoms with Gasteiger partial charge in [0, 0.05) is 29.4 Å². The summed E-state index contributed by atoms with van der Waals surface area (Å²) in [5.74, 6) is 0.784. The second-order valence-corrected chi connectivity index (χ2v) is 10.6. The molecule has 0 radical (unpaired) electrons. The Morgan fingerprint density at radius 1 is 1.14 bits per heavy atom. The van der Waals surface area contributed by atoms with Crippen LogP contribution in [0.5, 0.6) is 11.5 Å². The normalized spacial score (nSPS) is 18.6. The Morgan fingerprint density at radius 2 is 1.86 bits per heavy atom. The molecular weight excluding hydrogens is 474 g/mol. The minimum Gasteiger partial charge on any atom is -0.497 e. The number of nitrogens with one attached hydrogen (secondary N) is 2. The van der Waals surface area contributed by atoms with Gasteiger partial charge in [0.05, 0.1) is 42.6 Å². The Bertz CT molecular complexity index is 1290. The van der Waals surface area contributed by atoms with E-state index in [9.17, 15) is 14.9 Å². The van der Waals surface area contributed by atoms with Crippen LogP contribution in [0, 0.1) is 16.7 Å². The first-order valence-corrected chi connectivity index (χ1v) is 12.6. The van der Waals surface area contributed by atoms with Crippen molar-refractivity contribution in [2.45, 2.75) is 32.6 Å². The highest BCUT2D eigenvalue weighted by molar-refractivity contribution is 8.03. The highest BCUT2D eigenvalue weighted by atomic mass is 32.2. The van der Waals surface area contributed by atoms with Gasteiger partial charge >= 0.3 is 0 Å². The summed E-state index contributed by atoms with van der Waals surface area (Å²) < 4.78 is 10.5. The van der Waals surface area contributed by atoms with Crippen molar-refractivity contribution in [1.29, 1.82) is 5.26 Å². The summed E-state index contributed by atoms with van der Waals surface area (Å²) in [7, 11) is 3.17. The van der Waals surface area contributed by atoms with Gasteiger partial charge in [-0.2, -0.15) is 5.26 Å². The number of nitrogens with zero attached hydrogens (tertiary/aromatic N) is 1. The molecule has 1 aliphatic carbocycles. The smallest absolute Gasteiger partial charge is 0.234 e. The van der Waals surface area contributed by atoms with Crippen LogP contribution in [0.15, 0.2) is 70.4 Å². The molecule has 1 unspecified atom stereocenters. The number of carbonyl (C=O) groups excluding carboxylic acids is 2. The number of dihydropyridines is 1. The topological polar surface area (TPSA) is 100 Å². The number of hydrogen-bond acceptors (Lipinski definition) is 7. The third kappa shape index (κ3) is 5.42. The van der Waals surface area contributed by atoms with Crippen molar-refractivity contribution in [2.24, 2.45) is 5.41 Å². The lowest BCUT2D eigenvalue weighted by Gasteiger charge is -2.39. The van der Waals surface area contributed by atoms with E-state index in [1.807, 2.05) is 24.3 Å². The molecule has 7 nitrogen and oxygen atoms in total. The zero-order valence-electron chi connectivity index (χ0n) is 20.8. The van der Waals surface area contributed by atoms with Crippen molar-refractivity contribution >= 4 is 29.1 Å². The predicted octanol–water partition coefficient (Wildman–Crippen LogP) is 5.14. The number of benzene rings is 2. The van der Waals surface area contributed by atoms with Crippen molar-refractivity contribution in [2.75, 3.05) is 25.3 Å². The quantitative estimate of drug-likeness (QED) is 0.539. The molecule has 0 aromatic heterocycles. The first-order chi connectivity index (χ1) is 17.2. The molecule has 8 heteroatoms. The maximum atomic E-state index is 13.3. The fraction of sp³-hybridized carbons (Fsp3) is 0.321. The lowest BCUT2D eigenvalue weighted by Crippen LogP contribution is -2.37. The number of carbonyl (C=O) groups is 2. The van der Waals surface area contributed by atoms with E-state index in [4.69, 9.17) is 9.47 Å². The summed E-state index contributed by atoms with van der Waals surface area (Å²) in [6, 6.07) is 16.9. The molecule has 0 bridgehead atoms. The summed E-state index contributed by atoms with van der Waals surface area (Å²) in [6.45, 7) is 4.13. The maximum absolute atomic E-state index is 13.3. The SMILES string of the molecule is COc1ccc(C2C(C#N)=C(SCC(=O)Nc3cccc(OC)c3)NC3=C2C(=O)CC(C)(C)C3)cc1. The molecule has 4 rings (SSSR count). The van der Waals surface area contributed by atoms with Gasteiger partial charge in [-0.15, -0.1) is 0 Å². The highest BCUT2D eigenvalue weighted by Crippen LogP contribution is 2.48. The first kappa shape index (κ1) is 25.4. The van der Waals surface area contributed by atoms with Crippen LogP contribution in [0.4, 0.5) is 5.69 Å². The second kappa shape index (κ2) is 10.5. The molecule has 2 aromatic rings. The Kier molecular flexibility index (Phi) is 7.41. The number of rotatable bonds is 7. The fourth-order valence-electron chi connectivity index (χ4n) is 4.66. The van der Waals surface area contributed by atoms with Gasteiger partial charge in [-0.05, 0) is 41.7 Å². The van der Waals surface area contributed by atoms with Crippen LogP contribution < -0.4 is 20.1 Å². The number of ether oxygens (including phenoxy) is 2. The van der Waals surface area contributed by atoms with Crippen LogP contribution >= 0.6 is 11.8 Å². The van der Waals surface area contributed by atoms with E-state index in [0.717, 1.165) is 11.3 Å². The molecule has 1 aliphatic heterocycles. The van der Waals surface area contributed by atoms with E-state index in [2.05, 4.69) is 30.6 Å². The van der Waals surface area contributed by atoms with Crippen LogP contribution in [0.2, 0.25) is 0 Å². The second-order valence-electron chi connectivity index (χ2n) is 9.59. The molecule has 1 atom stereocenters. The lowest BCUT2D eigenvalue weighted by molar-refractivity contribution is -0.118. The summed E-state index contributed by atoms with van der Waals surface area (Å²) in [5, 5.41) is 17.0. The number of hydrogen-bond donors (Lipinski definition) is 2. The third-order valence-corrected chi connectivity index (χ3v) is 7.29. The number of allylic oxidation sites excluding steroid dienone is 3. The number of amides is 1. The largest absolute Gasteiger partial charge is 0.497 e. The molecule has 1 heterocycles. The van der Waals surface area contributed by atoms with Crippen molar-refractivity contribution in [3.05, 3.63) is 76.0 Å². The van der Waals surface area contributed by atoms with Gasteiger partial charge in [0.2, 0.25) is 5.91 Å². The third-order valence-electron chi connectivity index (χ3n) is 6.28. The van der Waals surface area contributed by atoms with E-state index < -0.39 is 5.92 Å². The number of anilines is 1. The van der Waals surface area contributed by atoms with E-state index in [-0.39, 0.29) is 22.9 Å². The summed E-state index contributed by atoms with van der Waals surface area (Å²) in [6.07, 6.45) is 1.10. The van der Waals surface area contributed by atoms with Crippen molar-refractivity contribution in [3.63, 3.8) is 0 Å². The average molecular weight is 504 g/mol. The Hall–Kier alpha value is -3.70. The first-order valence-electron chi connectivity index (χ1n) is 11.6. The number of ketones is 1. The van der Waals surface area contributed by atoms with E-state index in [1.54, 1.807) is 38.5 Å². The number of thioether (sulfide) groups is 1. The van der Waals surface area contributed by atoms with E-state index in [1.165, 1.54) is 11.8 Å². The van der Waals surface area contributed by atoms with Gasteiger partial charge in [-0.1, -0.05) is 43.8 Å². The molecule has 0 saturated carbocycles. The molecule has 1 amide bonds. The zero-order chi connectivity index (χ0) is 25.9. The summed E-state index contributed by atoms with van der Waals surface area (Å²) >= 11 is 1.26. The van der Waals surface area contributed by atoms with Gasteiger partial charge in [-0.25, -0.2) is 0 Å². The maximum Gasteiger partial charge on any atom is 0.234 e. The van der Waals surface area contributed by atoms with Crippen molar-refractivity contribution in [1.82, 2.24) is 5.32 Å². The van der Waals surface area contributed by atoms with Crippen LogP contribution in [-0.4, -0.2) is 31.7 Å². The van der Waals surface area contributed by atoms with Crippen molar-refractivity contribution in [3.8, 4) is 17.6 Å². The molecule has 186 valence electrons. The minimum atomic E-state index is -0.496. The van der Waals surface area contributed by atoms with E-state index >= 15 is 0 Å². The highest BCUT2D eigenvalue weighted by Gasteiger charge is 2.42. The number of Topliss-reactive ketones (excluding diaryl/α,β-unsaturated/α-hetero) is 1. The zero-order valence-corrected chi connectivity index (χ0v) is 21.6. The van der Waals surface area contributed by atoms with Gasteiger partial charge < -0.3 is 20.1 Å². The average Bonchev–Trinajstić information content (AvgIpc) is 2.86. The minimum absolute atomic E-state index is 0.0436. The Balaban J connectivity index is 1.63. The predicted molar refractivity (Wildman–Crippen MR) is 141 cm³/mol. The number of methoxy groups -OCH3 is 2. The summed E-state index contributed by atoms with van der Waals surface area (Å²) in [5.41, 5.74) is 3.18. The Labute approximate surface area is 215 Å². The van der Waals surface area contributed by atoms with Crippen LogP contribution in [-0.2, 0) is 9.59 Å². The van der Waals surface area contributed by atoms with Crippen LogP contribution in [0.1, 0.15) is 38.2 Å². The number of nitriles is 1. The summed E-state index contributed by atoms with van der Waals surface area (Å²) in [4.78, 5) is 26.0.